The van der Waals surface area contributed by atoms with E-state index < -0.39 is 0 Å². The van der Waals surface area contributed by atoms with E-state index in [-0.39, 0.29) is 11.9 Å². The number of benzene rings is 4. The van der Waals surface area contributed by atoms with Crippen molar-refractivity contribution in [1.29, 1.82) is 0 Å². The van der Waals surface area contributed by atoms with Crippen LogP contribution in [0.4, 0.5) is 5.69 Å². The Morgan fingerprint density at radius 3 is 2.27 bits per heavy atom. The Hall–Kier alpha value is -4.09. The van der Waals surface area contributed by atoms with E-state index >= 15 is 0 Å². The third kappa shape index (κ3) is 5.52. The van der Waals surface area contributed by atoms with E-state index in [0.29, 0.717) is 29.2 Å². The quantitative estimate of drug-likeness (QED) is 0.297. The number of nitrogens with zero attached hydrogens (tertiary/aromatic N) is 1. The third-order valence-electron chi connectivity index (χ3n) is 6.63. The van der Waals surface area contributed by atoms with Gasteiger partial charge in [-0.25, -0.2) is 4.79 Å². The van der Waals surface area contributed by atoms with Crippen molar-refractivity contribution in [2.45, 2.75) is 19.5 Å². The van der Waals surface area contributed by atoms with Gasteiger partial charge in [0.25, 0.3) is 5.91 Å². The number of carbonyl (C=O) groups is 2. The first-order valence-electron chi connectivity index (χ1n) is 12.2. The van der Waals surface area contributed by atoms with E-state index in [0.717, 1.165) is 29.8 Å². The zero-order chi connectivity index (χ0) is 25.8. The molecule has 0 radical (unpaired) electrons. The van der Waals surface area contributed by atoms with E-state index in [1.54, 1.807) is 30.3 Å². The Bertz CT molecular complexity index is 1420. The SMILES string of the molecule is COC(=O)c1ccc(CNC(=O)c2cc(Cl)cc3c2N(Cc2ccc(-c4ccccc4)cc2)CC3)cc1. The average molecular weight is 511 g/mol. The molecule has 1 aliphatic rings. The number of esters is 1. The van der Waals surface area contributed by atoms with E-state index in [4.69, 9.17) is 16.3 Å². The van der Waals surface area contributed by atoms with Crippen LogP contribution in [-0.2, 0) is 24.2 Å². The lowest BCUT2D eigenvalue weighted by Crippen LogP contribution is -2.27. The van der Waals surface area contributed by atoms with Crippen LogP contribution in [0.2, 0.25) is 5.02 Å². The summed E-state index contributed by atoms with van der Waals surface area (Å²) in [6.07, 6.45) is 0.841. The smallest absolute Gasteiger partial charge is 0.337 e. The first kappa shape index (κ1) is 24.6. The topological polar surface area (TPSA) is 58.6 Å². The summed E-state index contributed by atoms with van der Waals surface area (Å²) in [7, 11) is 1.35. The van der Waals surface area contributed by atoms with Crippen LogP contribution in [-0.4, -0.2) is 25.5 Å². The van der Waals surface area contributed by atoms with Gasteiger partial charge in [0.05, 0.1) is 23.9 Å². The second-order valence-electron chi connectivity index (χ2n) is 9.07. The summed E-state index contributed by atoms with van der Waals surface area (Å²) in [6.45, 7) is 1.87. The number of amides is 1. The van der Waals surface area contributed by atoms with Gasteiger partial charge in [-0.05, 0) is 58.5 Å². The fourth-order valence-electron chi connectivity index (χ4n) is 4.73. The standard InChI is InChI=1S/C31H27ClN2O3/c1-37-31(36)25-13-7-21(8-14-25)19-33-30(35)28-18-27(32)17-26-15-16-34(29(26)28)20-22-9-11-24(12-10-22)23-5-3-2-4-6-23/h2-14,17-18H,15-16,19-20H2,1H3,(H,33,35). The number of hydrogen-bond donors (Lipinski definition) is 1. The number of hydrogen-bond acceptors (Lipinski definition) is 4. The number of nitrogens with one attached hydrogen (secondary N) is 1. The molecular weight excluding hydrogens is 484 g/mol. The van der Waals surface area contributed by atoms with Crippen molar-refractivity contribution in [3.8, 4) is 11.1 Å². The van der Waals surface area contributed by atoms with Crippen molar-refractivity contribution in [2.24, 2.45) is 0 Å². The summed E-state index contributed by atoms with van der Waals surface area (Å²) < 4.78 is 4.74. The molecule has 1 heterocycles. The fraction of sp³-hybridized carbons (Fsp3) is 0.161. The summed E-state index contributed by atoms with van der Waals surface area (Å²) in [6, 6.07) is 29.6. The molecule has 0 atom stereocenters. The van der Waals surface area contributed by atoms with Gasteiger partial charge in [0.2, 0.25) is 0 Å². The zero-order valence-electron chi connectivity index (χ0n) is 20.5. The van der Waals surface area contributed by atoms with E-state index in [9.17, 15) is 9.59 Å². The first-order chi connectivity index (χ1) is 18.0. The summed E-state index contributed by atoms with van der Waals surface area (Å²) in [5.41, 5.74) is 7.50. The van der Waals surface area contributed by atoms with Crippen molar-refractivity contribution in [2.75, 3.05) is 18.6 Å². The van der Waals surface area contributed by atoms with Crippen LogP contribution in [0.15, 0.2) is 91.0 Å². The minimum absolute atomic E-state index is 0.179. The monoisotopic (exact) mass is 510 g/mol. The number of fused-ring (bicyclic) bond motifs is 1. The van der Waals surface area contributed by atoms with Gasteiger partial charge >= 0.3 is 5.97 Å². The number of ether oxygens (including phenoxy) is 1. The number of halogens is 1. The molecule has 6 heteroatoms. The molecule has 1 aliphatic heterocycles. The molecule has 0 bridgehead atoms. The lowest BCUT2D eigenvalue weighted by Gasteiger charge is -2.22. The lowest BCUT2D eigenvalue weighted by molar-refractivity contribution is 0.0600. The maximum Gasteiger partial charge on any atom is 0.337 e. The summed E-state index contributed by atoms with van der Waals surface area (Å²) in [4.78, 5) is 27.2. The van der Waals surface area contributed by atoms with Crippen LogP contribution >= 0.6 is 11.6 Å². The minimum Gasteiger partial charge on any atom is -0.465 e. The van der Waals surface area contributed by atoms with Crippen LogP contribution in [0.3, 0.4) is 0 Å². The Balaban J connectivity index is 1.31. The van der Waals surface area contributed by atoms with Gasteiger partial charge in [-0.1, -0.05) is 78.3 Å². The van der Waals surface area contributed by atoms with Crippen molar-refractivity contribution in [3.63, 3.8) is 0 Å². The molecular formula is C31H27ClN2O3. The van der Waals surface area contributed by atoms with Crippen molar-refractivity contribution in [3.05, 3.63) is 124 Å². The molecule has 37 heavy (non-hydrogen) atoms. The van der Waals surface area contributed by atoms with Gasteiger partial charge < -0.3 is 15.0 Å². The van der Waals surface area contributed by atoms with Gasteiger partial charge in [0.15, 0.2) is 0 Å². The molecule has 5 rings (SSSR count). The lowest BCUT2D eigenvalue weighted by atomic mass is 10.0. The summed E-state index contributed by atoms with van der Waals surface area (Å²) >= 11 is 6.39. The highest BCUT2D eigenvalue weighted by Gasteiger charge is 2.26. The predicted molar refractivity (Wildman–Crippen MR) is 147 cm³/mol. The number of anilines is 1. The molecule has 0 unspecified atom stereocenters. The number of methoxy groups -OCH3 is 1. The highest BCUT2D eigenvalue weighted by atomic mass is 35.5. The molecule has 4 aromatic rings. The molecule has 5 nitrogen and oxygen atoms in total. The maximum absolute atomic E-state index is 13.3. The molecule has 4 aromatic carbocycles. The van der Waals surface area contributed by atoms with E-state index in [1.165, 1.54) is 23.8 Å². The average Bonchev–Trinajstić information content (AvgIpc) is 3.34. The van der Waals surface area contributed by atoms with Crippen LogP contribution < -0.4 is 10.2 Å². The number of carbonyl (C=O) groups excluding carboxylic acids is 2. The molecule has 0 saturated heterocycles. The normalized spacial score (nSPS) is 12.2. The maximum atomic E-state index is 13.3. The van der Waals surface area contributed by atoms with Gasteiger partial charge in [0.1, 0.15) is 0 Å². The van der Waals surface area contributed by atoms with Crippen molar-refractivity contribution >= 4 is 29.2 Å². The van der Waals surface area contributed by atoms with Gasteiger partial charge in [-0.15, -0.1) is 0 Å². The number of rotatable bonds is 7. The van der Waals surface area contributed by atoms with Crippen LogP contribution in [0, 0.1) is 0 Å². The van der Waals surface area contributed by atoms with E-state index in [2.05, 4.69) is 46.6 Å². The summed E-state index contributed by atoms with van der Waals surface area (Å²) in [5.74, 6) is -0.568. The van der Waals surface area contributed by atoms with Crippen molar-refractivity contribution < 1.29 is 14.3 Å². The Morgan fingerprint density at radius 2 is 1.57 bits per heavy atom. The molecule has 1 amide bonds. The molecule has 0 aromatic heterocycles. The zero-order valence-corrected chi connectivity index (χ0v) is 21.3. The highest BCUT2D eigenvalue weighted by Crippen LogP contribution is 2.36. The molecule has 0 aliphatic carbocycles. The van der Waals surface area contributed by atoms with Gasteiger partial charge in [0, 0.05) is 24.7 Å². The third-order valence-corrected chi connectivity index (χ3v) is 6.85. The molecule has 0 fully saturated rings. The predicted octanol–water partition coefficient (Wildman–Crippen LogP) is 6.29. The Labute approximate surface area is 221 Å². The van der Waals surface area contributed by atoms with Crippen LogP contribution in [0.5, 0.6) is 0 Å². The molecule has 0 spiro atoms. The fourth-order valence-corrected chi connectivity index (χ4v) is 4.97. The first-order valence-corrected chi connectivity index (χ1v) is 12.6. The summed E-state index contributed by atoms with van der Waals surface area (Å²) in [5, 5.41) is 3.56. The van der Waals surface area contributed by atoms with Crippen molar-refractivity contribution in [1.82, 2.24) is 5.32 Å². The van der Waals surface area contributed by atoms with Gasteiger partial charge in [-0.3, -0.25) is 4.79 Å². The molecule has 1 N–H and O–H groups in total. The van der Waals surface area contributed by atoms with Crippen LogP contribution in [0.1, 0.15) is 37.4 Å². The minimum atomic E-state index is -0.389. The van der Waals surface area contributed by atoms with Crippen LogP contribution in [0.25, 0.3) is 11.1 Å². The molecule has 0 saturated carbocycles. The second-order valence-corrected chi connectivity index (χ2v) is 9.50. The Kier molecular flexibility index (Phi) is 7.24. The largest absolute Gasteiger partial charge is 0.465 e. The second kappa shape index (κ2) is 10.9. The van der Waals surface area contributed by atoms with E-state index in [1.807, 2.05) is 24.3 Å². The molecule has 186 valence electrons. The Morgan fingerprint density at radius 1 is 0.892 bits per heavy atom. The highest BCUT2D eigenvalue weighted by molar-refractivity contribution is 6.31. The van der Waals surface area contributed by atoms with Gasteiger partial charge in [-0.2, -0.15) is 0 Å².